The van der Waals surface area contributed by atoms with Gasteiger partial charge in [-0.1, -0.05) is 0 Å². The van der Waals surface area contributed by atoms with Crippen LogP contribution in [0.15, 0.2) is 41.4 Å². The molecule has 3 aromatic rings. The number of anilines is 1. The van der Waals surface area contributed by atoms with Gasteiger partial charge in [0.25, 0.3) is 0 Å². The molecule has 0 amide bonds. The van der Waals surface area contributed by atoms with Crippen molar-refractivity contribution in [2.24, 2.45) is 0 Å². The Morgan fingerprint density at radius 3 is 2.70 bits per heavy atom. The molecule has 0 N–H and O–H groups in total. The van der Waals surface area contributed by atoms with Crippen LogP contribution in [0.3, 0.4) is 0 Å². The summed E-state index contributed by atoms with van der Waals surface area (Å²) in [7, 11) is 0. The van der Waals surface area contributed by atoms with Crippen molar-refractivity contribution in [2.75, 3.05) is 31.1 Å². The van der Waals surface area contributed by atoms with E-state index in [-0.39, 0.29) is 0 Å². The number of nitrogens with zero attached hydrogens (tertiary/aromatic N) is 5. The molecule has 3 heterocycles. The van der Waals surface area contributed by atoms with E-state index in [1.54, 1.807) is 18.8 Å². The van der Waals surface area contributed by atoms with E-state index >= 15 is 0 Å². The predicted molar refractivity (Wildman–Crippen MR) is 102 cm³/mol. The van der Waals surface area contributed by atoms with Gasteiger partial charge in [0.2, 0.25) is 11.8 Å². The summed E-state index contributed by atoms with van der Waals surface area (Å²) in [5.74, 6) is 1.50. The molecule has 7 nitrogen and oxygen atoms in total. The molecule has 0 radical (unpaired) electrons. The molecule has 0 atom stereocenters. The van der Waals surface area contributed by atoms with Gasteiger partial charge >= 0.3 is 0 Å². The SMILES string of the molecule is c1coc(CN2CCN(c3ccc4ncnc(OC5CCC5)c4c3)CC2)n1. The third-order valence-corrected chi connectivity index (χ3v) is 5.49. The average molecular weight is 365 g/mol. The van der Waals surface area contributed by atoms with Crippen LogP contribution >= 0.6 is 0 Å². The number of rotatable bonds is 5. The molecule has 27 heavy (non-hydrogen) atoms. The van der Waals surface area contributed by atoms with Crippen LogP contribution in [-0.4, -0.2) is 52.1 Å². The molecule has 1 saturated heterocycles. The van der Waals surface area contributed by atoms with Gasteiger partial charge in [-0.25, -0.2) is 15.0 Å². The highest BCUT2D eigenvalue weighted by molar-refractivity contribution is 5.86. The molecular formula is C20H23N5O2. The van der Waals surface area contributed by atoms with E-state index in [0.29, 0.717) is 12.0 Å². The molecule has 2 aliphatic rings. The fraction of sp³-hybridized carbons (Fsp3) is 0.450. The molecule has 1 aromatic carbocycles. The number of fused-ring (bicyclic) bond motifs is 1. The Kier molecular flexibility index (Phi) is 4.37. The highest BCUT2D eigenvalue weighted by atomic mass is 16.5. The van der Waals surface area contributed by atoms with Gasteiger partial charge in [0.05, 0.1) is 23.6 Å². The molecule has 0 unspecified atom stereocenters. The van der Waals surface area contributed by atoms with Gasteiger partial charge in [-0.15, -0.1) is 0 Å². The van der Waals surface area contributed by atoms with E-state index in [1.807, 2.05) is 0 Å². The predicted octanol–water partition coefficient (Wildman–Crippen LogP) is 2.87. The lowest BCUT2D eigenvalue weighted by Crippen LogP contribution is -2.46. The van der Waals surface area contributed by atoms with Crippen LogP contribution in [0.1, 0.15) is 25.2 Å². The van der Waals surface area contributed by atoms with Gasteiger partial charge in [0.15, 0.2) is 0 Å². The van der Waals surface area contributed by atoms with Crippen molar-refractivity contribution in [1.82, 2.24) is 19.9 Å². The van der Waals surface area contributed by atoms with Gasteiger partial charge in [-0.2, -0.15) is 0 Å². The summed E-state index contributed by atoms with van der Waals surface area (Å²) in [5, 5.41) is 1.00. The van der Waals surface area contributed by atoms with Crippen LogP contribution < -0.4 is 9.64 Å². The minimum Gasteiger partial charge on any atom is -0.474 e. The van der Waals surface area contributed by atoms with Crippen LogP contribution in [-0.2, 0) is 6.54 Å². The van der Waals surface area contributed by atoms with E-state index < -0.39 is 0 Å². The van der Waals surface area contributed by atoms with E-state index in [4.69, 9.17) is 9.15 Å². The second-order valence-electron chi connectivity index (χ2n) is 7.24. The van der Waals surface area contributed by atoms with E-state index in [9.17, 15) is 0 Å². The second-order valence-corrected chi connectivity index (χ2v) is 7.24. The molecule has 140 valence electrons. The maximum atomic E-state index is 6.09. The smallest absolute Gasteiger partial charge is 0.224 e. The molecule has 5 rings (SSSR count). The summed E-state index contributed by atoms with van der Waals surface area (Å²) in [5.41, 5.74) is 2.14. The summed E-state index contributed by atoms with van der Waals surface area (Å²) < 4.78 is 11.4. The lowest BCUT2D eigenvalue weighted by molar-refractivity contribution is 0.116. The van der Waals surface area contributed by atoms with E-state index in [1.165, 1.54) is 12.1 Å². The topological polar surface area (TPSA) is 67.5 Å². The van der Waals surface area contributed by atoms with Gasteiger partial charge in [-0.05, 0) is 37.5 Å². The number of piperazine rings is 1. The van der Waals surface area contributed by atoms with Crippen molar-refractivity contribution >= 4 is 16.6 Å². The third kappa shape index (κ3) is 3.47. The Labute approximate surface area is 158 Å². The zero-order valence-corrected chi connectivity index (χ0v) is 15.3. The van der Waals surface area contributed by atoms with Crippen molar-refractivity contribution in [3.05, 3.63) is 42.9 Å². The number of benzene rings is 1. The summed E-state index contributed by atoms with van der Waals surface area (Å²) >= 11 is 0. The first-order valence-corrected chi connectivity index (χ1v) is 9.62. The quantitative estimate of drug-likeness (QED) is 0.689. The lowest BCUT2D eigenvalue weighted by Gasteiger charge is -2.35. The van der Waals surface area contributed by atoms with Crippen molar-refractivity contribution in [3.8, 4) is 5.88 Å². The first-order valence-electron chi connectivity index (χ1n) is 9.62. The van der Waals surface area contributed by atoms with Gasteiger partial charge in [-0.3, -0.25) is 4.90 Å². The summed E-state index contributed by atoms with van der Waals surface area (Å²) in [4.78, 5) is 17.8. The maximum Gasteiger partial charge on any atom is 0.224 e. The number of hydrogen-bond acceptors (Lipinski definition) is 7. The van der Waals surface area contributed by atoms with Crippen molar-refractivity contribution in [2.45, 2.75) is 31.9 Å². The van der Waals surface area contributed by atoms with Gasteiger partial charge < -0.3 is 14.1 Å². The molecule has 0 spiro atoms. The summed E-state index contributed by atoms with van der Waals surface area (Å²) in [6, 6.07) is 6.39. The van der Waals surface area contributed by atoms with Crippen molar-refractivity contribution < 1.29 is 9.15 Å². The lowest BCUT2D eigenvalue weighted by atomic mass is 9.96. The van der Waals surface area contributed by atoms with E-state index in [0.717, 1.165) is 62.4 Å². The minimum atomic E-state index is 0.311. The fourth-order valence-corrected chi connectivity index (χ4v) is 3.64. The zero-order valence-electron chi connectivity index (χ0n) is 15.3. The summed E-state index contributed by atoms with van der Waals surface area (Å²) in [6.45, 7) is 4.68. The molecule has 1 aliphatic carbocycles. The van der Waals surface area contributed by atoms with Crippen LogP contribution in [0.2, 0.25) is 0 Å². The Balaban J connectivity index is 1.30. The highest BCUT2D eigenvalue weighted by Gasteiger charge is 2.22. The Hall–Kier alpha value is -2.67. The normalized spacial score (nSPS) is 18.6. The summed E-state index contributed by atoms with van der Waals surface area (Å²) in [6.07, 6.45) is 8.73. The standard InChI is InChI=1S/C20H23N5O2/c1-2-16(3-1)27-20-17-12-15(4-5-18(17)22-14-23-20)25-9-7-24(8-10-25)13-19-21-6-11-26-19/h4-6,11-12,14,16H,1-3,7-10,13H2. The Morgan fingerprint density at radius 1 is 1.07 bits per heavy atom. The third-order valence-electron chi connectivity index (χ3n) is 5.49. The molecule has 0 bridgehead atoms. The zero-order chi connectivity index (χ0) is 18.1. The fourth-order valence-electron chi connectivity index (χ4n) is 3.64. The number of aromatic nitrogens is 3. The second kappa shape index (κ2) is 7.15. The first kappa shape index (κ1) is 16.5. The van der Waals surface area contributed by atoms with E-state index in [2.05, 4.69) is 43.0 Å². The monoisotopic (exact) mass is 365 g/mol. The van der Waals surface area contributed by atoms with Gasteiger partial charge in [0.1, 0.15) is 18.7 Å². The van der Waals surface area contributed by atoms with Crippen LogP contribution in [0, 0.1) is 0 Å². The van der Waals surface area contributed by atoms with Crippen LogP contribution in [0.5, 0.6) is 5.88 Å². The molecular weight excluding hydrogens is 342 g/mol. The minimum absolute atomic E-state index is 0.311. The Bertz CT molecular complexity index is 902. The maximum absolute atomic E-state index is 6.09. The van der Waals surface area contributed by atoms with Crippen LogP contribution in [0.25, 0.3) is 10.9 Å². The molecule has 1 aliphatic heterocycles. The molecule has 2 fully saturated rings. The number of oxazole rings is 1. The van der Waals surface area contributed by atoms with Crippen molar-refractivity contribution in [1.29, 1.82) is 0 Å². The first-order chi connectivity index (χ1) is 13.3. The molecule has 7 heteroatoms. The largest absolute Gasteiger partial charge is 0.474 e. The highest BCUT2D eigenvalue weighted by Crippen LogP contribution is 2.31. The van der Waals surface area contributed by atoms with Gasteiger partial charge in [0, 0.05) is 31.9 Å². The Morgan fingerprint density at radius 2 is 1.96 bits per heavy atom. The molecule has 2 aromatic heterocycles. The van der Waals surface area contributed by atoms with Crippen molar-refractivity contribution in [3.63, 3.8) is 0 Å². The average Bonchev–Trinajstić information content (AvgIpc) is 3.18. The number of ether oxygens (including phenoxy) is 1. The molecule has 1 saturated carbocycles. The number of hydrogen-bond donors (Lipinski definition) is 0. The van der Waals surface area contributed by atoms with Crippen LogP contribution in [0.4, 0.5) is 5.69 Å².